The molecule has 0 spiro atoms. The van der Waals surface area contributed by atoms with Crippen LogP contribution in [0.5, 0.6) is 0 Å². The summed E-state index contributed by atoms with van der Waals surface area (Å²) in [5, 5.41) is 5.37. The molecule has 0 unspecified atom stereocenters. The van der Waals surface area contributed by atoms with E-state index in [0.29, 0.717) is 6.54 Å². The number of thiol groups is 1. The number of halogens is 1. The van der Waals surface area contributed by atoms with Crippen molar-refractivity contribution in [3.63, 3.8) is 0 Å². The van der Waals surface area contributed by atoms with Crippen molar-refractivity contribution in [1.29, 1.82) is 0 Å². The van der Waals surface area contributed by atoms with Gasteiger partial charge in [0, 0.05) is 38.6 Å². The lowest BCUT2D eigenvalue weighted by atomic mass is 10.1. The summed E-state index contributed by atoms with van der Waals surface area (Å²) in [5.74, 6) is 0. The van der Waals surface area contributed by atoms with Crippen LogP contribution in [0.1, 0.15) is 5.56 Å². The van der Waals surface area contributed by atoms with Crippen molar-refractivity contribution in [3.05, 3.63) is 83.4 Å². The van der Waals surface area contributed by atoms with Crippen LogP contribution < -0.4 is 5.32 Å². The van der Waals surface area contributed by atoms with Crippen molar-refractivity contribution in [1.82, 2.24) is 4.98 Å². The summed E-state index contributed by atoms with van der Waals surface area (Å²) in [6.45, 7) is 0.683. The fraction of sp³-hybridized carbons (Fsp3) is 0.0476. The molecule has 2 nitrogen and oxygen atoms in total. The van der Waals surface area contributed by atoms with Crippen LogP contribution in [0.15, 0.2) is 77.7 Å². The van der Waals surface area contributed by atoms with Gasteiger partial charge in [-0.3, -0.25) is 0 Å². The zero-order valence-corrected chi connectivity index (χ0v) is 15.1. The molecule has 4 rings (SSSR count). The van der Waals surface area contributed by atoms with Crippen LogP contribution >= 0.6 is 24.2 Å². The Hall–Kier alpha value is -2.36. The summed E-state index contributed by atoms with van der Waals surface area (Å²) in [4.78, 5) is 4.47. The normalized spacial score (nSPS) is 11.0. The van der Waals surface area contributed by atoms with Gasteiger partial charge >= 0.3 is 0 Å². The number of benzene rings is 3. The Morgan fingerprint density at radius 2 is 1.68 bits per heavy atom. The Morgan fingerprint density at radius 1 is 0.920 bits per heavy atom. The Morgan fingerprint density at radius 3 is 2.48 bits per heavy atom. The van der Waals surface area contributed by atoms with Crippen LogP contribution in [-0.4, -0.2) is 4.98 Å². The fourth-order valence-electron chi connectivity index (χ4n) is 3.06. The number of para-hydroxylation sites is 1. The van der Waals surface area contributed by atoms with E-state index >= 15 is 0 Å². The van der Waals surface area contributed by atoms with Crippen LogP contribution in [0.2, 0.25) is 5.02 Å². The summed E-state index contributed by atoms with van der Waals surface area (Å²) in [7, 11) is 0. The maximum atomic E-state index is 6.24. The maximum Gasteiger partial charge on any atom is 0.0515 e. The summed E-state index contributed by atoms with van der Waals surface area (Å²) >= 11 is 10.8. The van der Waals surface area contributed by atoms with Gasteiger partial charge in [0.2, 0.25) is 0 Å². The molecule has 0 aliphatic heterocycles. The van der Waals surface area contributed by atoms with Gasteiger partial charge in [-0.2, -0.15) is 0 Å². The highest BCUT2D eigenvalue weighted by Gasteiger charge is 2.13. The molecule has 0 amide bonds. The Kier molecular flexibility index (Phi) is 4.43. The zero-order valence-electron chi connectivity index (χ0n) is 13.5. The lowest BCUT2D eigenvalue weighted by Gasteiger charge is -2.10. The summed E-state index contributed by atoms with van der Waals surface area (Å²) in [6.07, 6.45) is 0. The highest BCUT2D eigenvalue weighted by atomic mass is 35.5. The van der Waals surface area contributed by atoms with Crippen molar-refractivity contribution < 1.29 is 0 Å². The molecule has 0 saturated heterocycles. The van der Waals surface area contributed by atoms with E-state index in [1.165, 1.54) is 5.56 Å². The van der Waals surface area contributed by atoms with Gasteiger partial charge in [0.1, 0.15) is 0 Å². The fourth-order valence-corrected chi connectivity index (χ4v) is 3.47. The zero-order chi connectivity index (χ0) is 17.2. The van der Waals surface area contributed by atoms with Gasteiger partial charge in [-0.05, 0) is 35.9 Å². The number of H-pyrrole nitrogens is 1. The topological polar surface area (TPSA) is 27.8 Å². The predicted molar refractivity (Wildman–Crippen MR) is 110 cm³/mol. The Balaban J connectivity index is 1.80. The number of nitrogens with one attached hydrogen (secondary N) is 2. The van der Waals surface area contributed by atoms with Crippen LogP contribution in [0.3, 0.4) is 0 Å². The minimum absolute atomic E-state index is 0.683. The first kappa shape index (κ1) is 16.1. The minimum atomic E-state index is 0.683. The van der Waals surface area contributed by atoms with E-state index in [0.717, 1.165) is 37.8 Å². The van der Waals surface area contributed by atoms with Crippen molar-refractivity contribution >= 4 is 40.8 Å². The quantitative estimate of drug-likeness (QED) is 0.360. The standard InChI is InChI=1S/C21H17ClN2S/c22-15-10-11-18-16(12-15)17(13-23-19-8-4-5-9-20(19)25)21(24-18)14-6-2-1-3-7-14/h1-12,23-25H,13H2. The molecule has 0 radical (unpaired) electrons. The number of anilines is 1. The molecule has 4 aromatic rings. The summed E-state index contributed by atoms with van der Waals surface area (Å²) in [6, 6.07) is 24.3. The van der Waals surface area contributed by atoms with Gasteiger partial charge in [-0.15, -0.1) is 12.6 Å². The molecule has 124 valence electrons. The molecule has 0 aliphatic carbocycles. The molecular formula is C21H17ClN2S. The molecule has 0 aliphatic rings. The van der Waals surface area contributed by atoms with Crippen LogP contribution in [0.25, 0.3) is 22.2 Å². The average molecular weight is 365 g/mol. The highest BCUT2D eigenvalue weighted by Crippen LogP contribution is 2.33. The second-order valence-corrected chi connectivity index (χ2v) is 6.82. The third-order valence-corrected chi connectivity index (χ3v) is 4.92. The lowest BCUT2D eigenvalue weighted by Crippen LogP contribution is -2.01. The first-order valence-electron chi connectivity index (χ1n) is 8.10. The van der Waals surface area contributed by atoms with Crippen molar-refractivity contribution in [3.8, 4) is 11.3 Å². The molecule has 1 heterocycles. The second-order valence-electron chi connectivity index (χ2n) is 5.91. The van der Waals surface area contributed by atoms with E-state index in [2.05, 4.69) is 35.1 Å². The number of rotatable bonds is 4. The van der Waals surface area contributed by atoms with Gasteiger partial charge < -0.3 is 10.3 Å². The number of aromatic nitrogens is 1. The van der Waals surface area contributed by atoms with E-state index in [1.807, 2.05) is 60.7 Å². The van der Waals surface area contributed by atoms with Crippen LogP contribution in [0, 0.1) is 0 Å². The molecule has 0 saturated carbocycles. The van der Waals surface area contributed by atoms with Crippen molar-refractivity contribution in [2.45, 2.75) is 11.4 Å². The minimum Gasteiger partial charge on any atom is -0.380 e. The van der Waals surface area contributed by atoms with E-state index < -0.39 is 0 Å². The van der Waals surface area contributed by atoms with Crippen LogP contribution in [-0.2, 0) is 6.54 Å². The first-order valence-corrected chi connectivity index (χ1v) is 8.92. The van der Waals surface area contributed by atoms with E-state index in [-0.39, 0.29) is 0 Å². The highest BCUT2D eigenvalue weighted by molar-refractivity contribution is 7.80. The Labute approximate surface area is 157 Å². The second kappa shape index (κ2) is 6.87. The summed E-state index contributed by atoms with van der Waals surface area (Å²) < 4.78 is 0. The SMILES string of the molecule is Sc1ccccc1NCc1c(-c2ccccc2)[nH]c2ccc(Cl)cc12. The monoisotopic (exact) mass is 364 g/mol. The largest absolute Gasteiger partial charge is 0.380 e. The van der Waals surface area contributed by atoms with Gasteiger partial charge in [-0.25, -0.2) is 0 Å². The average Bonchev–Trinajstić information content (AvgIpc) is 2.99. The molecule has 2 N–H and O–H groups in total. The van der Waals surface area contributed by atoms with E-state index in [9.17, 15) is 0 Å². The van der Waals surface area contributed by atoms with E-state index in [4.69, 9.17) is 11.6 Å². The molecule has 3 aromatic carbocycles. The van der Waals surface area contributed by atoms with Gasteiger partial charge in [0.15, 0.2) is 0 Å². The number of hydrogen-bond acceptors (Lipinski definition) is 2. The van der Waals surface area contributed by atoms with Crippen molar-refractivity contribution in [2.24, 2.45) is 0 Å². The molecular weight excluding hydrogens is 348 g/mol. The Bertz CT molecular complexity index is 1020. The van der Waals surface area contributed by atoms with Crippen LogP contribution in [0.4, 0.5) is 5.69 Å². The third kappa shape index (κ3) is 3.26. The number of hydrogen-bond donors (Lipinski definition) is 3. The molecule has 4 heteroatoms. The summed E-state index contributed by atoms with van der Waals surface area (Å²) in [5.41, 5.74) is 5.56. The predicted octanol–water partition coefficient (Wildman–Crippen LogP) is 6.39. The number of fused-ring (bicyclic) bond motifs is 1. The first-order chi connectivity index (χ1) is 12.2. The third-order valence-electron chi connectivity index (χ3n) is 4.29. The lowest BCUT2D eigenvalue weighted by molar-refractivity contribution is 1.15. The molecule has 1 aromatic heterocycles. The maximum absolute atomic E-state index is 6.24. The number of aromatic amines is 1. The van der Waals surface area contributed by atoms with Gasteiger partial charge in [0.25, 0.3) is 0 Å². The van der Waals surface area contributed by atoms with Gasteiger partial charge in [0.05, 0.1) is 5.69 Å². The van der Waals surface area contributed by atoms with E-state index in [1.54, 1.807) is 0 Å². The molecule has 0 atom stereocenters. The molecule has 0 bridgehead atoms. The van der Waals surface area contributed by atoms with Gasteiger partial charge in [-0.1, -0.05) is 54.1 Å². The molecule has 25 heavy (non-hydrogen) atoms. The van der Waals surface area contributed by atoms with Crippen molar-refractivity contribution in [2.75, 3.05) is 5.32 Å². The smallest absolute Gasteiger partial charge is 0.0515 e. The molecule has 0 fully saturated rings.